The highest BCUT2D eigenvalue weighted by molar-refractivity contribution is 7.99. The molecule has 0 atom stereocenters. The van der Waals surface area contributed by atoms with Crippen LogP contribution in [0.1, 0.15) is 33.1 Å². The SMILES string of the molecule is Cc1cccc(-n2c(C)nnc2SCC(=O)c2cc(C)n(C)c2C)c1. The summed E-state index contributed by atoms with van der Waals surface area (Å²) >= 11 is 1.43. The molecule has 0 unspecified atom stereocenters. The first kappa shape index (κ1) is 17.5. The number of hydrogen-bond donors (Lipinski definition) is 0. The Balaban J connectivity index is 1.83. The molecule has 1 aromatic carbocycles. The summed E-state index contributed by atoms with van der Waals surface area (Å²) < 4.78 is 4.03. The lowest BCUT2D eigenvalue weighted by Crippen LogP contribution is -2.06. The molecule has 0 aliphatic heterocycles. The molecule has 0 spiro atoms. The van der Waals surface area contributed by atoms with Crippen LogP contribution in [0.2, 0.25) is 0 Å². The number of carbonyl (C=O) groups is 1. The van der Waals surface area contributed by atoms with Crippen molar-refractivity contribution in [2.24, 2.45) is 7.05 Å². The van der Waals surface area contributed by atoms with E-state index in [0.29, 0.717) is 5.75 Å². The molecule has 0 saturated carbocycles. The van der Waals surface area contributed by atoms with E-state index in [-0.39, 0.29) is 5.78 Å². The average Bonchev–Trinajstić information content (AvgIpc) is 3.07. The van der Waals surface area contributed by atoms with E-state index in [4.69, 9.17) is 0 Å². The second kappa shape index (κ2) is 6.88. The van der Waals surface area contributed by atoms with Crippen LogP contribution < -0.4 is 0 Å². The number of thioether (sulfide) groups is 1. The molecule has 0 bridgehead atoms. The lowest BCUT2D eigenvalue weighted by molar-refractivity contribution is 0.102. The molecular formula is C19H22N4OS. The Morgan fingerprint density at radius 3 is 2.52 bits per heavy atom. The molecule has 5 nitrogen and oxygen atoms in total. The van der Waals surface area contributed by atoms with Gasteiger partial charge in [0.1, 0.15) is 5.82 Å². The van der Waals surface area contributed by atoms with Gasteiger partial charge >= 0.3 is 0 Å². The molecule has 3 aromatic rings. The van der Waals surface area contributed by atoms with Crippen molar-refractivity contribution in [2.75, 3.05) is 5.75 Å². The number of ketones is 1. The topological polar surface area (TPSA) is 52.7 Å². The number of nitrogens with zero attached hydrogens (tertiary/aromatic N) is 4. The van der Waals surface area contributed by atoms with E-state index in [9.17, 15) is 4.79 Å². The maximum atomic E-state index is 12.6. The van der Waals surface area contributed by atoms with E-state index in [1.54, 1.807) is 0 Å². The second-order valence-corrected chi connectivity index (χ2v) is 7.20. The van der Waals surface area contributed by atoms with Gasteiger partial charge in [0.2, 0.25) is 0 Å². The van der Waals surface area contributed by atoms with E-state index < -0.39 is 0 Å². The predicted octanol–water partition coefficient (Wildman–Crippen LogP) is 3.81. The quantitative estimate of drug-likeness (QED) is 0.516. The Hall–Kier alpha value is -2.34. The van der Waals surface area contributed by atoms with Gasteiger partial charge < -0.3 is 4.57 Å². The molecule has 2 heterocycles. The molecule has 2 aromatic heterocycles. The highest BCUT2D eigenvalue weighted by Crippen LogP contribution is 2.24. The van der Waals surface area contributed by atoms with Crippen LogP contribution in [0.3, 0.4) is 0 Å². The Bertz CT molecular complexity index is 939. The Morgan fingerprint density at radius 2 is 1.88 bits per heavy atom. The number of Topliss-reactive ketones (excluding diaryl/α,β-unsaturated/α-hetero) is 1. The van der Waals surface area contributed by atoms with E-state index >= 15 is 0 Å². The highest BCUT2D eigenvalue weighted by atomic mass is 32.2. The largest absolute Gasteiger partial charge is 0.351 e. The van der Waals surface area contributed by atoms with Gasteiger partial charge in [-0.3, -0.25) is 9.36 Å². The van der Waals surface area contributed by atoms with E-state index in [1.807, 2.05) is 55.2 Å². The molecule has 130 valence electrons. The van der Waals surface area contributed by atoms with Crippen LogP contribution in [0.15, 0.2) is 35.5 Å². The van der Waals surface area contributed by atoms with Gasteiger partial charge in [0.25, 0.3) is 0 Å². The van der Waals surface area contributed by atoms with Crippen LogP contribution in [-0.2, 0) is 7.05 Å². The van der Waals surface area contributed by atoms with Crippen molar-refractivity contribution in [3.63, 3.8) is 0 Å². The third-order valence-electron chi connectivity index (χ3n) is 4.46. The van der Waals surface area contributed by atoms with Crippen LogP contribution in [0.4, 0.5) is 0 Å². The monoisotopic (exact) mass is 354 g/mol. The van der Waals surface area contributed by atoms with E-state index in [2.05, 4.69) is 29.3 Å². The summed E-state index contributed by atoms with van der Waals surface area (Å²) in [6.07, 6.45) is 0. The number of aryl methyl sites for hydroxylation is 3. The highest BCUT2D eigenvalue weighted by Gasteiger charge is 2.17. The normalized spacial score (nSPS) is 11.1. The summed E-state index contributed by atoms with van der Waals surface area (Å²) in [6, 6.07) is 10.1. The first-order valence-corrected chi connectivity index (χ1v) is 9.15. The maximum Gasteiger partial charge on any atom is 0.196 e. The smallest absolute Gasteiger partial charge is 0.196 e. The maximum absolute atomic E-state index is 12.6. The van der Waals surface area contributed by atoms with Crippen molar-refractivity contribution in [1.29, 1.82) is 0 Å². The molecule has 0 fully saturated rings. The summed E-state index contributed by atoms with van der Waals surface area (Å²) in [4.78, 5) is 12.6. The number of benzene rings is 1. The van der Waals surface area contributed by atoms with Crippen molar-refractivity contribution in [3.8, 4) is 5.69 Å². The minimum Gasteiger partial charge on any atom is -0.351 e. The summed E-state index contributed by atoms with van der Waals surface area (Å²) in [5.41, 5.74) is 5.06. The van der Waals surface area contributed by atoms with E-state index in [0.717, 1.165) is 33.6 Å². The van der Waals surface area contributed by atoms with Crippen molar-refractivity contribution in [3.05, 3.63) is 58.7 Å². The Labute approximate surface area is 152 Å². The van der Waals surface area contributed by atoms with Gasteiger partial charge in [-0.15, -0.1) is 10.2 Å². The minimum absolute atomic E-state index is 0.114. The van der Waals surface area contributed by atoms with Gasteiger partial charge in [-0.2, -0.15) is 0 Å². The standard InChI is InChI=1S/C19H22N4OS/c1-12-7-6-8-16(9-12)23-15(4)20-21-19(23)25-11-18(24)17-10-13(2)22(5)14(17)3/h6-10H,11H2,1-5H3. The first-order chi connectivity index (χ1) is 11.9. The molecule has 6 heteroatoms. The zero-order chi connectivity index (χ0) is 18.1. The molecule has 0 amide bonds. The van der Waals surface area contributed by atoms with Crippen LogP contribution in [0, 0.1) is 27.7 Å². The lowest BCUT2D eigenvalue weighted by atomic mass is 10.2. The zero-order valence-electron chi connectivity index (χ0n) is 15.2. The fourth-order valence-electron chi connectivity index (χ4n) is 2.85. The molecule has 3 rings (SSSR count). The fraction of sp³-hybridized carbons (Fsp3) is 0.316. The van der Waals surface area contributed by atoms with Gasteiger partial charge in [0.05, 0.1) is 5.75 Å². The number of rotatable bonds is 5. The van der Waals surface area contributed by atoms with Crippen LogP contribution in [0.25, 0.3) is 5.69 Å². The van der Waals surface area contributed by atoms with Crippen LogP contribution in [-0.4, -0.2) is 30.9 Å². The zero-order valence-corrected chi connectivity index (χ0v) is 16.0. The Morgan fingerprint density at radius 1 is 1.12 bits per heavy atom. The number of carbonyl (C=O) groups excluding carboxylic acids is 1. The molecule has 25 heavy (non-hydrogen) atoms. The molecule has 0 aliphatic rings. The third kappa shape index (κ3) is 3.39. The third-order valence-corrected chi connectivity index (χ3v) is 5.39. The summed E-state index contributed by atoms with van der Waals surface area (Å²) in [7, 11) is 1.98. The Kier molecular flexibility index (Phi) is 4.81. The number of aromatic nitrogens is 4. The second-order valence-electron chi connectivity index (χ2n) is 6.26. The number of hydrogen-bond acceptors (Lipinski definition) is 4. The average molecular weight is 354 g/mol. The van der Waals surface area contributed by atoms with Crippen molar-refractivity contribution in [1.82, 2.24) is 19.3 Å². The molecule has 0 saturated heterocycles. The van der Waals surface area contributed by atoms with Gasteiger partial charge in [-0.05, 0) is 51.5 Å². The van der Waals surface area contributed by atoms with E-state index in [1.165, 1.54) is 17.3 Å². The molecule has 0 aliphatic carbocycles. The predicted molar refractivity (Wildman–Crippen MR) is 101 cm³/mol. The van der Waals surface area contributed by atoms with Gasteiger partial charge in [0.15, 0.2) is 10.9 Å². The van der Waals surface area contributed by atoms with Gasteiger partial charge in [-0.25, -0.2) is 0 Å². The van der Waals surface area contributed by atoms with Crippen molar-refractivity contribution < 1.29 is 4.79 Å². The minimum atomic E-state index is 0.114. The summed E-state index contributed by atoms with van der Waals surface area (Å²) in [5.74, 6) is 1.27. The van der Waals surface area contributed by atoms with Gasteiger partial charge in [-0.1, -0.05) is 23.9 Å². The summed E-state index contributed by atoms with van der Waals surface area (Å²) in [5, 5.41) is 9.17. The summed E-state index contributed by atoms with van der Waals surface area (Å²) in [6.45, 7) is 7.96. The van der Waals surface area contributed by atoms with Crippen LogP contribution >= 0.6 is 11.8 Å². The lowest BCUT2D eigenvalue weighted by Gasteiger charge is -2.09. The van der Waals surface area contributed by atoms with Crippen molar-refractivity contribution in [2.45, 2.75) is 32.9 Å². The van der Waals surface area contributed by atoms with Crippen LogP contribution in [0.5, 0.6) is 0 Å². The fourth-order valence-corrected chi connectivity index (χ4v) is 3.73. The first-order valence-electron chi connectivity index (χ1n) is 8.16. The van der Waals surface area contributed by atoms with Gasteiger partial charge in [0, 0.05) is 29.7 Å². The molecule has 0 N–H and O–H groups in total. The van der Waals surface area contributed by atoms with Crippen molar-refractivity contribution >= 4 is 17.5 Å². The molecule has 0 radical (unpaired) electrons. The molecular weight excluding hydrogens is 332 g/mol.